The van der Waals surface area contributed by atoms with Crippen molar-refractivity contribution in [3.8, 4) is 0 Å². The van der Waals surface area contributed by atoms with Crippen molar-refractivity contribution in [2.75, 3.05) is 41.3 Å². The van der Waals surface area contributed by atoms with Crippen molar-refractivity contribution in [1.82, 2.24) is 19.9 Å². The molecule has 0 unspecified atom stereocenters. The molecule has 1 saturated heterocycles. The minimum atomic E-state index is 0.747. The molecule has 1 aromatic carbocycles. The van der Waals surface area contributed by atoms with E-state index in [4.69, 9.17) is 0 Å². The first-order valence-corrected chi connectivity index (χ1v) is 9.16. The zero-order valence-electron chi connectivity index (χ0n) is 15.4. The Labute approximate surface area is 159 Å². The molecule has 1 fully saturated rings. The highest BCUT2D eigenvalue weighted by Gasteiger charge is 2.20. The van der Waals surface area contributed by atoms with Crippen molar-refractivity contribution >= 4 is 17.6 Å². The monoisotopic (exact) mass is 361 g/mol. The molecule has 7 nitrogen and oxygen atoms in total. The lowest BCUT2D eigenvalue weighted by Crippen LogP contribution is -2.47. The molecule has 0 saturated carbocycles. The highest BCUT2D eigenvalue weighted by atomic mass is 15.3. The fraction of sp³-hybridized carbons (Fsp3) is 0.300. The Hall–Kier alpha value is -3.22. The van der Waals surface area contributed by atoms with Gasteiger partial charge in [-0.25, -0.2) is 19.9 Å². The van der Waals surface area contributed by atoms with Gasteiger partial charge in [-0.3, -0.25) is 0 Å². The van der Waals surface area contributed by atoms with Crippen LogP contribution in [-0.2, 0) is 6.54 Å². The number of rotatable bonds is 5. The van der Waals surface area contributed by atoms with Crippen LogP contribution in [0.4, 0.5) is 17.6 Å². The van der Waals surface area contributed by atoms with Crippen LogP contribution in [0.15, 0.2) is 55.1 Å². The average Bonchev–Trinajstić information content (AvgIpc) is 2.73. The molecular formula is C20H23N7. The van der Waals surface area contributed by atoms with E-state index in [-0.39, 0.29) is 0 Å². The van der Waals surface area contributed by atoms with Gasteiger partial charge in [0.05, 0.1) is 0 Å². The molecule has 0 spiro atoms. The molecule has 0 amide bonds. The number of piperazine rings is 1. The van der Waals surface area contributed by atoms with Crippen molar-refractivity contribution < 1.29 is 0 Å². The molecule has 1 aliphatic heterocycles. The summed E-state index contributed by atoms with van der Waals surface area (Å²) in [5.41, 5.74) is 2.50. The lowest BCUT2D eigenvalue weighted by atomic mass is 10.1. The van der Waals surface area contributed by atoms with Crippen LogP contribution in [0.2, 0.25) is 0 Å². The lowest BCUT2D eigenvalue weighted by Gasteiger charge is -2.35. The van der Waals surface area contributed by atoms with Gasteiger partial charge in [-0.15, -0.1) is 0 Å². The van der Waals surface area contributed by atoms with Gasteiger partial charge in [0, 0.05) is 51.2 Å². The van der Waals surface area contributed by atoms with Crippen molar-refractivity contribution in [1.29, 1.82) is 0 Å². The van der Waals surface area contributed by atoms with Gasteiger partial charge in [-0.2, -0.15) is 0 Å². The van der Waals surface area contributed by atoms with Crippen LogP contribution in [0.3, 0.4) is 0 Å². The number of hydrogen-bond acceptors (Lipinski definition) is 7. The maximum Gasteiger partial charge on any atom is 0.225 e. The Bertz CT molecular complexity index is 876. The maximum absolute atomic E-state index is 4.46. The van der Waals surface area contributed by atoms with Gasteiger partial charge in [0.2, 0.25) is 5.95 Å². The standard InChI is InChI=1S/C20H23N7/c1-16-4-2-5-17(12-16)14-23-18-13-19(25-15-24-18)26-8-10-27(11-9-26)20-21-6-3-7-22-20/h2-7,12-13,15H,8-11,14H2,1H3,(H,23,24,25). The van der Waals surface area contributed by atoms with Gasteiger partial charge in [-0.1, -0.05) is 29.8 Å². The summed E-state index contributed by atoms with van der Waals surface area (Å²) in [4.78, 5) is 22.0. The lowest BCUT2D eigenvalue weighted by molar-refractivity contribution is 0.634. The molecule has 1 N–H and O–H groups in total. The fourth-order valence-electron chi connectivity index (χ4n) is 3.22. The van der Waals surface area contributed by atoms with Gasteiger partial charge in [-0.05, 0) is 18.6 Å². The normalized spacial score (nSPS) is 14.3. The minimum absolute atomic E-state index is 0.747. The molecule has 0 aliphatic carbocycles. The van der Waals surface area contributed by atoms with Gasteiger partial charge >= 0.3 is 0 Å². The Balaban J connectivity index is 1.37. The van der Waals surface area contributed by atoms with E-state index in [9.17, 15) is 0 Å². The molecule has 2 aromatic heterocycles. The van der Waals surface area contributed by atoms with E-state index < -0.39 is 0 Å². The smallest absolute Gasteiger partial charge is 0.225 e. The van der Waals surface area contributed by atoms with Crippen LogP contribution in [0, 0.1) is 6.92 Å². The third kappa shape index (κ3) is 4.31. The largest absolute Gasteiger partial charge is 0.366 e. The van der Waals surface area contributed by atoms with E-state index in [0.29, 0.717) is 0 Å². The van der Waals surface area contributed by atoms with Crippen molar-refractivity contribution in [3.05, 3.63) is 66.2 Å². The molecule has 0 bridgehead atoms. The first kappa shape index (κ1) is 17.2. The van der Waals surface area contributed by atoms with Crippen molar-refractivity contribution in [3.63, 3.8) is 0 Å². The van der Waals surface area contributed by atoms with Crippen LogP contribution in [0.1, 0.15) is 11.1 Å². The topological polar surface area (TPSA) is 70.1 Å². The van der Waals surface area contributed by atoms with Gasteiger partial charge in [0.1, 0.15) is 18.0 Å². The van der Waals surface area contributed by atoms with Crippen LogP contribution >= 0.6 is 0 Å². The molecule has 0 radical (unpaired) electrons. The quantitative estimate of drug-likeness (QED) is 0.749. The summed E-state index contributed by atoms with van der Waals surface area (Å²) in [6, 6.07) is 12.3. The van der Waals surface area contributed by atoms with Crippen molar-refractivity contribution in [2.45, 2.75) is 13.5 Å². The van der Waals surface area contributed by atoms with E-state index in [1.54, 1.807) is 18.7 Å². The Morgan fingerprint density at radius 2 is 1.67 bits per heavy atom. The number of nitrogens with zero attached hydrogens (tertiary/aromatic N) is 6. The third-order valence-corrected chi connectivity index (χ3v) is 4.65. The second-order valence-corrected chi connectivity index (χ2v) is 6.63. The van der Waals surface area contributed by atoms with Crippen LogP contribution < -0.4 is 15.1 Å². The first-order chi connectivity index (χ1) is 13.3. The second-order valence-electron chi connectivity index (χ2n) is 6.63. The maximum atomic E-state index is 4.46. The third-order valence-electron chi connectivity index (χ3n) is 4.65. The van der Waals surface area contributed by atoms with E-state index >= 15 is 0 Å². The summed E-state index contributed by atoms with van der Waals surface area (Å²) in [5.74, 6) is 2.58. The molecule has 0 atom stereocenters. The van der Waals surface area contributed by atoms with E-state index in [1.807, 2.05) is 12.1 Å². The van der Waals surface area contributed by atoms with E-state index in [1.165, 1.54) is 11.1 Å². The van der Waals surface area contributed by atoms with Crippen LogP contribution in [0.25, 0.3) is 0 Å². The molecule has 7 heteroatoms. The number of anilines is 3. The molecular weight excluding hydrogens is 338 g/mol. The summed E-state index contributed by atoms with van der Waals surface area (Å²) >= 11 is 0. The summed E-state index contributed by atoms with van der Waals surface area (Å²) in [6.45, 7) is 6.36. The number of benzene rings is 1. The molecule has 3 heterocycles. The Morgan fingerprint density at radius 1 is 0.889 bits per heavy atom. The number of aryl methyl sites for hydroxylation is 1. The van der Waals surface area contributed by atoms with Crippen LogP contribution in [-0.4, -0.2) is 46.1 Å². The van der Waals surface area contributed by atoms with Crippen molar-refractivity contribution in [2.24, 2.45) is 0 Å². The predicted molar refractivity (Wildman–Crippen MR) is 107 cm³/mol. The van der Waals surface area contributed by atoms with Crippen LogP contribution in [0.5, 0.6) is 0 Å². The average molecular weight is 361 g/mol. The predicted octanol–water partition coefficient (Wildman–Crippen LogP) is 2.51. The van der Waals surface area contributed by atoms with E-state index in [0.717, 1.165) is 50.3 Å². The zero-order chi connectivity index (χ0) is 18.5. The summed E-state index contributed by atoms with van der Waals surface area (Å²) in [7, 11) is 0. The van der Waals surface area contributed by atoms with Gasteiger partial charge in [0.25, 0.3) is 0 Å². The molecule has 27 heavy (non-hydrogen) atoms. The van der Waals surface area contributed by atoms with E-state index in [2.05, 4.69) is 66.2 Å². The molecule has 3 aromatic rings. The molecule has 1 aliphatic rings. The first-order valence-electron chi connectivity index (χ1n) is 9.16. The number of aromatic nitrogens is 4. The summed E-state index contributed by atoms with van der Waals surface area (Å²) in [5, 5.41) is 3.39. The highest BCUT2D eigenvalue weighted by molar-refractivity contribution is 5.50. The number of hydrogen-bond donors (Lipinski definition) is 1. The second kappa shape index (κ2) is 7.99. The fourth-order valence-corrected chi connectivity index (χ4v) is 3.22. The summed E-state index contributed by atoms with van der Waals surface area (Å²) < 4.78 is 0. The molecule has 4 rings (SSSR count). The highest BCUT2D eigenvalue weighted by Crippen LogP contribution is 2.18. The Kier molecular flexibility index (Phi) is 5.09. The van der Waals surface area contributed by atoms with Gasteiger partial charge < -0.3 is 15.1 Å². The molecule has 138 valence electrons. The SMILES string of the molecule is Cc1cccc(CNc2cc(N3CCN(c4ncccn4)CC3)ncn2)c1. The summed E-state index contributed by atoms with van der Waals surface area (Å²) in [6.07, 6.45) is 5.19. The Morgan fingerprint density at radius 3 is 2.44 bits per heavy atom. The van der Waals surface area contributed by atoms with Gasteiger partial charge in [0.15, 0.2) is 0 Å². The minimum Gasteiger partial charge on any atom is -0.366 e. The number of nitrogens with one attached hydrogen (secondary N) is 1. The zero-order valence-corrected chi connectivity index (χ0v) is 15.4.